The standard InChI is InChI=1S/C15H13FN2O3/c1-18(11-5-2-9(3-6-11)15(20)21)13-7-4-10(16)8-12(13)14(17)19/h2-8H,1H3,(H2,17,19)(H,20,21). The largest absolute Gasteiger partial charge is 0.478 e. The zero-order valence-corrected chi connectivity index (χ0v) is 11.2. The first kappa shape index (κ1) is 14.5. The summed E-state index contributed by atoms with van der Waals surface area (Å²) in [5, 5.41) is 8.86. The number of primary amides is 1. The molecule has 6 heteroatoms. The highest BCUT2D eigenvalue weighted by Crippen LogP contribution is 2.27. The van der Waals surface area contributed by atoms with Crippen LogP contribution in [-0.4, -0.2) is 24.0 Å². The molecule has 0 atom stereocenters. The summed E-state index contributed by atoms with van der Waals surface area (Å²) in [5.74, 6) is -2.32. The van der Waals surface area contributed by atoms with Gasteiger partial charge in [-0.1, -0.05) is 0 Å². The minimum Gasteiger partial charge on any atom is -0.478 e. The molecule has 0 aliphatic heterocycles. The summed E-state index contributed by atoms with van der Waals surface area (Å²) in [7, 11) is 1.68. The molecule has 0 saturated heterocycles. The molecule has 2 rings (SSSR count). The SMILES string of the molecule is CN(c1ccc(C(=O)O)cc1)c1ccc(F)cc1C(N)=O. The maximum Gasteiger partial charge on any atom is 0.335 e. The van der Waals surface area contributed by atoms with Gasteiger partial charge < -0.3 is 15.7 Å². The number of carboxylic acid groups (broad SMARTS) is 1. The van der Waals surface area contributed by atoms with Crippen LogP contribution in [0.15, 0.2) is 42.5 Å². The third kappa shape index (κ3) is 3.00. The van der Waals surface area contributed by atoms with Crippen molar-refractivity contribution < 1.29 is 19.1 Å². The fourth-order valence-corrected chi connectivity index (χ4v) is 1.96. The summed E-state index contributed by atoms with van der Waals surface area (Å²) in [6.07, 6.45) is 0. The van der Waals surface area contributed by atoms with Gasteiger partial charge in [-0.25, -0.2) is 9.18 Å². The van der Waals surface area contributed by atoms with Crippen LogP contribution in [0.2, 0.25) is 0 Å². The van der Waals surface area contributed by atoms with Crippen LogP contribution in [-0.2, 0) is 0 Å². The van der Waals surface area contributed by atoms with Crippen molar-refractivity contribution in [3.05, 3.63) is 59.4 Å². The number of nitrogens with zero attached hydrogens (tertiary/aromatic N) is 1. The molecule has 108 valence electrons. The molecule has 0 saturated carbocycles. The van der Waals surface area contributed by atoms with Gasteiger partial charge in [0.25, 0.3) is 5.91 Å². The lowest BCUT2D eigenvalue weighted by Crippen LogP contribution is -2.18. The monoisotopic (exact) mass is 288 g/mol. The lowest BCUT2D eigenvalue weighted by molar-refractivity contribution is 0.0696. The molecule has 0 aliphatic carbocycles. The van der Waals surface area contributed by atoms with Crippen LogP contribution in [0.3, 0.4) is 0 Å². The molecule has 0 fully saturated rings. The number of hydrogen-bond donors (Lipinski definition) is 2. The topological polar surface area (TPSA) is 83.6 Å². The molecule has 2 aromatic rings. The molecule has 21 heavy (non-hydrogen) atoms. The molecule has 0 unspecified atom stereocenters. The zero-order chi connectivity index (χ0) is 15.6. The minimum atomic E-state index is -1.02. The molecule has 0 heterocycles. The van der Waals surface area contributed by atoms with E-state index in [0.717, 1.165) is 6.07 Å². The minimum absolute atomic E-state index is 0.0554. The molecule has 5 nitrogen and oxygen atoms in total. The molecule has 0 bridgehead atoms. The molecule has 0 aromatic heterocycles. The van der Waals surface area contributed by atoms with E-state index >= 15 is 0 Å². The van der Waals surface area contributed by atoms with E-state index in [-0.39, 0.29) is 11.1 Å². The van der Waals surface area contributed by atoms with Crippen molar-refractivity contribution in [1.82, 2.24) is 0 Å². The first-order valence-corrected chi connectivity index (χ1v) is 6.06. The van der Waals surface area contributed by atoms with Crippen LogP contribution in [0.4, 0.5) is 15.8 Å². The first-order valence-electron chi connectivity index (χ1n) is 6.06. The Morgan fingerprint density at radius 2 is 1.76 bits per heavy atom. The summed E-state index contributed by atoms with van der Waals surface area (Å²) < 4.78 is 13.2. The summed E-state index contributed by atoms with van der Waals surface area (Å²) in [5.41, 5.74) is 6.55. The second kappa shape index (κ2) is 5.62. The van der Waals surface area contributed by atoms with E-state index in [1.807, 2.05) is 0 Å². The molecule has 0 aliphatic rings. The molecular weight excluding hydrogens is 275 g/mol. The van der Waals surface area contributed by atoms with Gasteiger partial charge in [-0.2, -0.15) is 0 Å². The van der Waals surface area contributed by atoms with Gasteiger partial charge in [-0.15, -0.1) is 0 Å². The van der Waals surface area contributed by atoms with Crippen LogP contribution >= 0.6 is 0 Å². The van der Waals surface area contributed by atoms with Crippen LogP contribution in [0.25, 0.3) is 0 Å². The van der Waals surface area contributed by atoms with Gasteiger partial charge in [0.1, 0.15) is 5.82 Å². The van der Waals surface area contributed by atoms with Crippen molar-refractivity contribution in [2.24, 2.45) is 5.73 Å². The Hall–Kier alpha value is -2.89. The second-order valence-electron chi connectivity index (χ2n) is 4.44. The van der Waals surface area contributed by atoms with Crippen molar-refractivity contribution in [2.75, 3.05) is 11.9 Å². The van der Waals surface area contributed by atoms with Gasteiger partial charge in [-0.05, 0) is 42.5 Å². The van der Waals surface area contributed by atoms with Crippen molar-refractivity contribution in [3.8, 4) is 0 Å². The molecular formula is C15H13FN2O3. The predicted octanol–water partition coefficient (Wildman–Crippen LogP) is 2.39. The fraction of sp³-hybridized carbons (Fsp3) is 0.0667. The van der Waals surface area contributed by atoms with E-state index in [0.29, 0.717) is 11.4 Å². The molecule has 3 N–H and O–H groups in total. The number of anilines is 2. The third-order valence-electron chi connectivity index (χ3n) is 3.09. The quantitative estimate of drug-likeness (QED) is 0.904. The third-order valence-corrected chi connectivity index (χ3v) is 3.09. The lowest BCUT2D eigenvalue weighted by atomic mass is 10.1. The summed E-state index contributed by atoms with van der Waals surface area (Å²) in [4.78, 5) is 23.9. The predicted molar refractivity (Wildman–Crippen MR) is 76.4 cm³/mol. The number of halogens is 1. The summed E-state index contributed by atoms with van der Waals surface area (Å²) in [6, 6.07) is 9.82. The highest BCUT2D eigenvalue weighted by Gasteiger charge is 2.14. The lowest BCUT2D eigenvalue weighted by Gasteiger charge is -2.21. The average Bonchev–Trinajstić information content (AvgIpc) is 2.46. The van der Waals surface area contributed by atoms with Crippen molar-refractivity contribution in [3.63, 3.8) is 0 Å². The van der Waals surface area contributed by atoms with Gasteiger partial charge in [0.15, 0.2) is 0 Å². The summed E-state index contributed by atoms with van der Waals surface area (Å²) in [6.45, 7) is 0. The number of amides is 1. The number of nitrogens with two attached hydrogens (primary N) is 1. The normalized spacial score (nSPS) is 10.2. The number of hydrogen-bond acceptors (Lipinski definition) is 3. The highest BCUT2D eigenvalue weighted by atomic mass is 19.1. The molecule has 0 radical (unpaired) electrons. The van der Waals surface area contributed by atoms with E-state index in [1.165, 1.54) is 24.3 Å². The van der Waals surface area contributed by atoms with Gasteiger partial charge >= 0.3 is 5.97 Å². The Bertz CT molecular complexity index is 699. The Morgan fingerprint density at radius 3 is 2.29 bits per heavy atom. The first-order chi connectivity index (χ1) is 9.90. The van der Waals surface area contributed by atoms with Crippen molar-refractivity contribution in [1.29, 1.82) is 0 Å². The van der Waals surface area contributed by atoms with E-state index < -0.39 is 17.7 Å². The number of carboxylic acids is 1. The van der Waals surface area contributed by atoms with Gasteiger partial charge in [0, 0.05) is 12.7 Å². The van der Waals surface area contributed by atoms with Crippen LogP contribution < -0.4 is 10.6 Å². The van der Waals surface area contributed by atoms with Gasteiger partial charge in [-0.3, -0.25) is 4.79 Å². The van der Waals surface area contributed by atoms with E-state index in [4.69, 9.17) is 10.8 Å². The number of carbonyl (C=O) groups is 2. The molecule has 2 aromatic carbocycles. The van der Waals surface area contributed by atoms with Crippen LogP contribution in [0.1, 0.15) is 20.7 Å². The van der Waals surface area contributed by atoms with Gasteiger partial charge in [0.2, 0.25) is 0 Å². The maximum absolute atomic E-state index is 13.2. The van der Waals surface area contributed by atoms with Crippen LogP contribution in [0.5, 0.6) is 0 Å². The Morgan fingerprint density at radius 1 is 1.14 bits per heavy atom. The maximum atomic E-state index is 13.2. The van der Waals surface area contributed by atoms with Gasteiger partial charge in [0.05, 0.1) is 16.8 Å². The Kier molecular flexibility index (Phi) is 3.89. The van der Waals surface area contributed by atoms with E-state index in [2.05, 4.69) is 0 Å². The van der Waals surface area contributed by atoms with Crippen molar-refractivity contribution in [2.45, 2.75) is 0 Å². The number of benzene rings is 2. The smallest absolute Gasteiger partial charge is 0.335 e. The highest BCUT2D eigenvalue weighted by molar-refractivity contribution is 5.99. The molecule has 0 spiro atoms. The summed E-state index contributed by atoms with van der Waals surface area (Å²) >= 11 is 0. The Balaban J connectivity index is 2.42. The molecule has 1 amide bonds. The second-order valence-corrected chi connectivity index (χ2v) is 4.44. The number of carbonyl (C=O) groups excluding carboxylic acids is 1. The van der Waals surface area contributed by atoms with Crippen LogP contribution in [0, 0.1) is 5.82 Å². The fourth-order valence-electron chi connectivity index (χ4n) is 1.96. The Labute approximate surface area is 120 Å². The average molecular weight is 288 g/mol. The van der Waals surface area contributed by atoms with E-state index in [9.17, 15) is 14.0 Å². The zero-order valence-electron chi connectivity index (χ0n) is 11.2. The van der Waals surface area contributed by atoms with Crippen molar-refractivity contribution >= 4 is 23.3 Å². The van der Waals surface area contributed by atoms with E-state index in [1.54, 1.807) is 24.1 Å². The number of aromatic carboxylic acids is 1. The number of rotatable bonds is 4.